The highest BCUT2D eigenvalue weighted by Crippen LogP contribution is 2.22. The van der Waals surface area contributed by atoms with Gasteiger partial charge >= 0.3 is 0 Å². The van der Waals surface area contributed by atoms with E-state index in [9.17, 15) is 4.79 Å². The minimum atomic E-state index is -0.326. The summed E-state index contributed by atoms with van der Waals surface area (Å²) in [4.78, 5) is 10.5. The van der Waals surface area contributed by atoms with Crippen LogP contribution in [0.5, 0.6) is 0 Å². The van der Waals surface area contributed by atoms with Crippen LogP contribution in [0.1, 0.15) is 6.42 Å². The van der Waals surface area contributed by atoms with Crippen molar-refractivity contribution in [3.8, 4) is 0 Å². The Morgan fingerprint density at radius 3 is 2.73 bits per heavy atom. The number of anilines is 3. The second kappa shape index (κ2) is 5.09. The Kier molecular flexibility index (Phi) is 3.79. The Morgan fingerprint density at radius 1 is 1.47 bits per heavy atom. The highest BCUT2D eigenvalue weighted by molar-refractivity contribution is 5.75. The number of nitrogen functional groups attached to an aromatic ring is 1. The molecular formula is C10H16N4O. The minimum absolute atomic E-state index is 0.299. The molecule has 1 aromatic carbocycles. The summed E-state index contributed by atoms with van der Waals surface area (Å²) in [6.45, 7) is 0.498. The lowest BCUT2D eigenvalue weighted by Gasteiger charge is -2.09. The van der Waals surface area contributed by atoms with E-state index < -0.39 is 0 Å². The van der Waals surface area contributed by atoms with Crippen LogP contribution in [0.4, 0.5) is 17.1 Å². The smallest absolute Gasteiger partial charge is 0.219 e. The fourth-order valence-electron chi connectivity index (χ4n) is 1.20. The topological polar surface area (TPSA) is 93.2 Å². The number of hydrogen-bond donors (Lipinski definition) is 4. The van der Waals surface area contributed by atoms with Gasteiger partial charge in [-0.3, -0.25) is 4.79 Å². The molecule has 1 amide bonds. The third kappa shape index (κ3) is 3.38. The number of rotatable bonds is 5. The molecule has 6 N–H and O–H groups in total. The van der Waals surface area contributed by atoms with E-state index in [1.54, 1.807) is 0 Å². The Labute approximate surface area is 88.8 Å². The third-order valence-electron chi connectivity index (χ3n) is 2.03. The van der Waals surface area contributed by atoms with Gasteiger partial charge in [0, 0.05) is 25.7 Å². The van der Waals surface area contributed by atoms with Gasteiger partial charge < -0.3 is 22.1 Å². The number of nitrogens with one attached hydrogen (secondary N) is 2. The minimum Gasteiger partial charge on any atom is -0.397 e. The van der Waals surface area contributed by atoms with Gasteiger partial charge in [0.15, 0.2) is 0 Å². The molecular weight excluding hydrogens is 192 g/mol. The molecule has 0 saturated heterocycles. The summed E-state index contributed by atoms with van der Waals surface area (Å²) < 4.78 is 0. The summed E-state index contributed by atoms with van der Waals surface area (Å²) in [5.74, 6) is -0.326. The van der Waals surface area contributed by atoms with Crippen molar-refractivity contribution in [3.63, 3.8) is 0 Å². The molecule has 0 atom stereocenters. The zero-order valence-electron chi connectivity index (χ0n) is 8.71. The first kappa shape index (κ1) is 11.2. The van der Waals surface area contributed by atoms with Gasteiger partial charge in [0.05, 0.1) is 11.4 Å². The van der Waals surface area contributed by atoms with E-state index in [0.717, 1.165) is 11.4 Å². The van der Waals surface area contributed by atoms with Crippen LogP contribution in [0, 0.1) is 0 Å². The first-order valence-electron chi connectivity index (χ1n) is 4.73. The molecule has 0 unspecified atom stereocenters. The monoisotopic (exact) mass is 208 g/mol. The van der Waals surface area contributed by atoms with E-state index in [-0.39, 0.29) is 5.91 Å². The molecule has 5 heteroatoms. The number of benzene rings is 1. The normalized spacial score (nSPS) is 9.67. The van der Waals surface area contributed by atoms with E-state index in [1.807, 2.05) is 25.2 Å². The van der Waals surface area contributed by atoms with Crippen LogP contribution >= 0.6 is 0 Å². The summed E-state index contributed by atoms with van der Waals surface area (Å²) >= 11 is 0. The lowest BCUT2D eigenvalue weighted by Crippen LogP contribution is -2.16. The number of hydrogen-bond acceptors (Lipinski definition) is 4. The second-order valence-corrected chi connectivity index (χ2v) is 3.20. The molecule has 0 aliphatic heterocycles. The van der Waals surface area contributed by atoms with E-state index in [4.69, 9.17) is 11.5 Å². The molecule has 0 heterocycles. The molecule has 82 valence electrons. The Morgan fingerprint density at radius 2 is 2.20 bits per heavy atom. The van der Waals surface area contributed by atoms with E-state index in [0.29, 0.717) is 18.7 Å². The fraction of sp³-hybridized carbons (Fsp3) is 0.300. The average Bonchev–Trinajstić information content (AvgIpc) is 2.20. The number of carbonyl (C=O) groups is 1. The van der Waals surface area contributed by atoms with Crippen molar-refractivity contribution >= 4 is 23.0 Å². The molecule has 0 bridgehead atoms. The Balaban J connectivity index is 2.58. The molecule has 0 aromatic heterocycles. The maximum atomic E-state index is 10.5. The SMILES string of the molecule is CNc1ccc(NCCC(N)=O)c(N)c1. The van der Waals surface area contributed by atoms with E-state index >= 15 is 0 Å². The number of primary amides is 1. The lowest BCUT2D eigenvalue weighted by molar-refractivity contribution is -0.117. The average molecular weight is 208 g/mol. The molecule has 0 aliphatic rings. The van der Waals surface area contributed by atoms with Gasteiger partial charge in [-0.1, -0.05) is 0 Å². The van der Waals surface area contributed by atoms with Crippen molar-refractivity contribution in [2.75, 3.05) is 30.0 Å². The summed E-state index contributed by atoms with van der Waals surface area (Å²) in [6.07, 6.45) is 0.299. The van der Waals surface area contributed by atoms with Crippen LogP contribution in [0.2, 0.25) is 0 Å². The van der Waals surface area contributed by atoms with Crippen molar-refractivity contribution in [3.05, 3.63) is 18.2 Å². The van der Waals surface area contributed by atoms with Gasteiger partial charge in [-0.2, -0.15) is 0 Å². The Bertz CT molecular complexity index is 351. The summed E-state index contributed by atoms with van der Waals surface area (Å²) in [5, 5.41) is 6.03. The maximum absolute atomic E-state index is 10.5. The van der Waals surface area contributed by atoms with Crippen LogP contribution < -0.4 is 22.1 Å². The van der Waals surface area contributed by atoms with Crippen molar-refractivity contribution < 1.29 is 4.79 Å². The van der Waals surface area contributed by atoms with E-state index in [2.05, 4.69) is 10.6 Å². The highest BCUT2D eigenvalue weighted by Gasteiger charge is 2.00. The zero-order chi connectivity index (χ0) is 11.3. The molecule has 5 nitrogen and oxygen atoms in total. The molecule has 0 saturated carbocycles. The quantitative estimate of drug-likeness (QED) is 0.533. The lowest BCUT2D eigenvalue weighted by atomic mass is 10.2. The molecule has 0 fully saturated rings. The maximum Gasteiger partial charge on any atom is 0.219 e. The Hall–Kier alpha value is -1.91. The van der Waals surface area contributed by atoms with Crippen LogP contribution in [0.3, 0.4) is 0 Å². The zero-order valence-corrected chi connectivity index (χ0v) is 8.71. The highest BCUT2D eigenvalue weighted by atomic mass is 16.1. The molecule has 0 spiro atoms. The predicted octanol–water partition coefficient (Wildman–Crippen LogP) is 0.598. The largest absolute Gasteiger partial charge is 0.397 e. The first-order chi connectivity index (χ1) is 7.13. The number of nitrogens with two attached hydrogens (primary N) is 2. The molecule has 15 heavy (non-hydrogen) atoms. The van der Waals surface area contributed by atoms with Gasteiger partial charge in [0.2, 0.25) is 5.91 Å². The van der Waals surface area contributed by atoms with Crippen molar-refractivity contribution in [1.29, 1.82) is 0 Å². The fourth-order valence-corrected chi connectivity index (χ4v) is 1.20. The van der Waals surface area contributed by atoms with Crippen molar-refractivity contribution in [1.82, 2.24) is 0 Å². The van der Waals surface area contributed by atoms with Crippen LogP contribution in [0.25, 0.3) is 0 Å². The molecule has 0 radical (unpaired) electrons. The molecule has 1 rings (SSSR count). The molecule has 0 aliphatic carbocycles. The third-order valence-corrected chi connectivity index (χ3v) is 2.03. The molecule has 1 aromatic rings. The van der Waals surface area contributed by atoms with Gasteiger partial charge in [-0.15, -0.1) is 0 Å². The number of carbonyl (C=O) groups excluding carboxylic acids is 1. The van der Waals surface area contributed by atoms with Gasteiger partial charge in [0.25, 0.3) is 0 Å². The van der Waals surface area contributed by atoms with Crippen LogP contribution in [-0.4, -0.2) is 19.5 Å². The number of amides is 1. The predicted molar refractivity (Wildman–Crippen MR) is 62.7 cm³/mol. The second-order valence-electron chi connectivity index (χ2n) is 3.20. The summed E-state index contributed by atoms with van der Waals surface area (Å²) in [7, 11) is 1.83. The standard InChI is InChI=1S/C10H16N4O/c1-13-7-2-3-9(8(11)6-7)14-5-4-10(12)15/h2-3,6,13-14H,4-5,11H2,1H3,(H2,12,15). The summed E-state index contributed by atoms with van der Waals surface area (Å²) in [5.41, 5.74) is 13.2. The van der Waals surface area contributed by atoms with Gasteiger partial charge in [-0.25, -0.2) is 0 Å². The van der Waals surface area contributed by atoms with Crippen molar-refractivity contribution in [2.45, 2.75) is 6.42 Å². The first-order valence-corrected chi connectivity index (χ1v) is 4.73. The van der Waals surface area contributed by atoms with E-state index in [1.165, 1.54) is 0 Å². The van der Waals surface area contributed by atoms with Crippen LogP contribution in [-0.2, 0) is 4.79 Å². The van der Waals surface area contributed by atoms with Crippen LogP contribution in [0.15, 0.2) is 18.2 Å². The van der Waals surface area contributed by atoms with Crippen molar-refractivity contribution in [2.24, 2.45) is 5.73 Å². The van der Waals surface area contributed by atoms with Gasteiger partial charge in [0.1, 0.15) is 0 Å². The van der Waals surface area contributed by atoms with Gasteiger partial charge in [-0.05, 0) is 18.2 Å². The summed E-state index contributed by atoms with van der Waals surface area (Å²) in [6, 6.07) is 5.59.